The molecule has 0 saturated heterocycles. The number of nitrogens with zero attached hydrogens (tertiary/aromatic N) is 2. The van der Waals surface area contributed by atoms with Gasteiger partial charge >= 0.3 is 0 Å². The standard InChI is InChI=1S/C4H5N3O/c8-6-5-7-3-1-2-4-7/h1-4H,(H,5,8). The molecule has 4 nitrogen and oxygen atoms in total. The summed E-state index contributed by atoms with van der Waals surface area (Å²) in [5, 5.41) is 2.44. The van der Waals surface area contributed by atoms with Gasteiger partial charge in [0.15, 0.2) is 0 Å². The Morgan fingerprint density at radius 3 is 2.50 bits per heavy atom. The summed E-state index contributed by atoms with van der Waals surface area (Å²) in [4.78, 5) is 9.49. The van der Waals surface area contributed by atoms with E-state index in [4.69, 9.17) is 0 Å². The van der Waals surface area contributed by atoms with Crippen LogP contribution in [0.1, 0.15) is 0 Å². The SMILES string of the molecule is O=NNn1cccc1. The van der Waals surface area contributed by atoms with Crippen molar-refractivity contribution in [2.75, 3.05) is 5.53 Å². The molecule has 0 aliphatic heterocycles. The lowest BCUT2D eigenvalue weighted by atomic mass is 10.7. The number of rotatable bonds is 2. The molecule has 1 aromatic rings. The lowest BCUT2D eigenvalue weighted by molar-refractivity contribution is 0.885. The molecule has 1 N–H and O–H groups in total. The van der Waals surface area contributed by atoms with Crippen LogP contribution in [0.15, 0.2) is 29.8 Å². The Morgan fingerprint density at radius 1 is 1.38 bits per heavy atom. The van der Waals surface area contributed by atoms with Crippen molar-refractivity contribution in [3.8, 4) is 0 Å². The highest BCUT2D eigenvalue weighted by Gasteiger charge is 1.78. The van der Waals surface area contributed by atoms with Crippen LogP contribution in [0.2, 0.25) is 0 Å². The smallest absolute Gasteiger partial charge is 0.0708 e. The summed E-state index contributed by atoms with van der Waals surface area (Å²) in [6.07, 6.45) is 3.36. The van der Waals surface area contributed by atoms with Crippen molar-refractivity contribution in [3.63, 3.8) is 0 Å². The maximum Gasteiger partial charge on any atom is 0.0708 e. The van der Waals surface area contributed by atoms with Crippen LogP contribution >= 0.6 is 0 Å². The van der Waals surface area contributed by atoms with Crippen molar-refractivity contribution in [3.05, 3.63) is 29.4 Å². The first-order chi connectivity index (χ1) is 3.93. The van der Waals surface area contributed by atoms with Gasteiger partial charge in [0.1, 0.15) is 0 Å². The number of hydrogen-bond donors (Lipinski definition) is 1. The fourth-order valence-electron chi connectivity index (χ4n) is 0.448. The van der Waals surface area contributed by atoms with Crippen LogP contribution in [0.4, 0.5) is 0 Å². The number of aromatic nitrogens is 1. The predicted molar refractivity (Wildman–Crippen MR) is 29.6 cm³/mol. The summed E-state index contributed by atoms with van der Waals surface area (Å²) in [5.74, 6) is 0. The third-order valence-electron chi connectivity index (χ3n) is 0.761. The zero-order chi connectivity index (χ0) is 5.82. The number of nitrogens with one attached hydrogen (secondary N) is 1. The maximum atomic E-state index is 9.49. The normalized spacial score (nSPS) is 8.50. The Hall–Kier alpha value is -1.32. The maximum absolute atomic E-state index is 9.49. The first-order valence-electron chi connectivity index (χ1n) is 2.15. The monoisotopic (exact) mass is 111 g/mol. The van der Waals surface area contributed by atoms with Gasteiger partial charge in [-0.25, -0.2) is 0 Å². The summed E-state index contributed by atoms with van der Waals surface area (Å²) in [6, 6.07) is 3.58. The molecule has 1 rings (SSSR count). The van der Waals surface area contributed by atoms with Gasteiger partial charge in [-0.05, 0) is 12.1 Å². The molecule has 0 unspecified atom stereocenters. The lowest BCUT2D eigenvalue weighted by Crippen LogP contribution is -2.02. The topological polar surface area (TPSA) is 46.4 Å². The Kier molecular flexibility index (Phi) is 1.27. The van der Waals surface area contributed by atoms with Gasteiger partial charge in [-0.3, -0.25) is 4.68 Å². The lowest BCUT2D eigenvalue weighted by Gasteiger charge is -1.91. The Morgan fingerprint density at radius 2 is 2.00 bits per heavy atom. The third kappa shape index (κ3) is 0.841. The minimum Gasteiger partial charge on any atom is -0.252 e. The minimum absolute atomic E-state index is 1.45. The van der Waals surface area contributed by atoms with Gasteiger partial charge in [-0.2, -0.15) is 5.53 Å². The van der Waals surface area contributed by atoms with E-state index >= 15 is 0 Å². The second-order valence-electron chi connectivity index (χ2n) is 1.28. The summed E-state index contributed by atoms with van der Waals surface area (Å²) < 4.78 is 1.45. The molecular weight excluding hydrogens is 106 g/mol. The molecule has 0 spiro atoms. The van der Waals surface area contributed by atoms with Crippen LogP contribution in [0.25, 0.3) is 0 Å². The summed E-state index contributed by atoms with van der Waals surface area (Å²) in [6.45, 7) is 0. The second-order valence-corrected chi connectivity index (χ2v) is 1.28. The molecule has 8 heavy (non-hydrogen) atoms. The van der Waals surface area contributed by atoms with Gasteiger partial charge in [-0.15, -0.1) is 4.91 Å². The Bertz CT molecular complexity index is 158. The van der Waals surface area contributed by atoms with E-state index in [2.05, 4.69) is 10.8 Å². The quantitative estimate of drug-likeness (QED) is 0.451. The van der Waals surface area contributed by atoms with Gasteiger partial charge in [0.2, 0.25) is 0 Å². The molecule has 1 aromatic heterocycles. The van der Waals surface area contributed by atoms with Gasteiger partial charge in [-0.1, -0.05) is 0 Å². The van der Waals surface area contributed by atoms with E-state index in [0.717, 1.165) is 0 Å². The largest absolute Gasteiger partial charge is 0.252 e. The fourth-order valence-corrected chi connectivity index (χ4v) is 0.448. The fraction of sp³-hybridized carbons (Fsp3) is 0. The molecule has 0 amide bonds. The Labute approximate surface area is 46.0 Å². The highest BCUT2D eigenvalue weighted by atomic mass is 16.3. The molecule has 0 atom stereocenters. The molecule has 0 saturated carbocycles. The van der Waals surface area contributed by atoms with Gasteiger partial charge < -0.3 is 0 Å². The average molecular weight is 111 g/mol. The molecule has 4 heteroatoms. The van der Waals surface area contributed by atoms with E-state index in [1.54, 1.807) is 24.5 Å². The second kappa shape index (κ2) is 2.11. The van der Waals surface area contributed by atoms with E-state index in [-0.39, 0.29) is 0 Å². The first kappa shape index (κ1) is 4.83. The molecule has 0 bridgehead atoms. The van der Waals surface area contributed by atoms with Crippen LogP contribution < -0.4 is 5.53 Å². The molecule has 1 heterocycles. The summed E-state index contributed by atoms with van der Waals surface area (Å²) in [7, 11) is 0. The average Bonchev–Trinajstić information content (AvgIpc) is 2.19. The molecular formula is C4H5N3O. The van der Waals surface area contributed by atoms with E-state index in [0.29, 0.717) is 0 Å². The van der Waals surface area contributed by atoms with Gasteiger partial charge in [0, 0.05) is 12.4 Å². The molecule has 42 valence electrons. The van der Waals surface area contributed by atoms with E-state index in [1.165, 1.54) is 4.68 Å². The summed E-state index contributed by atoms with van der Waals surface area (Å²) >= 11 is 0. The van der Waals surface area contributed by atoms with Gasteiger partial charge in [0.25, 0.3) is 0 Å². The van der Waals surface area contributed by atoms with Crippen molar-refractivity contribution in [1.82, 2.24) is 4.68 Å². The van der Waals surface area contributed by atoms with Crippen molar-refractivity contribution in [2.45, 2.75) is 0 Å². The van der Waals surface area contributed by atoms with Crippen molar-refractivity contribution < 1.29 is 0 Å². The van der Waals surface area contributed by atoms with Crippen LogP contribution in [-0.2, 0) is 0 Å². The predicted octanol–water partition coefficient (Wildman–Crippen LogP) is 0.713. The zero-order valence-electron chi connectivity index (χ0n) is 4.11. The van der Waals surface area contributed by atoms with E-state index in [1.807, 2.05) is 0 Å². The highest BCUT2D eigenvalue weighted by Crippen LogP contribution is 1.83. The van der Waals surface area contributed by atoms with Crippen molar-refractivity contribution in [1.29, 1.82) is 0 Å². The Balaban J connectivity index is 2.62. The van der Waals surface area contributed by atoms with Crippen LogP contribution in [0.3, 0.4) is 0 Å². The summed E-state index contributed by atoms with van der Waals surface area (Å²) in [5.41, 5.74) is 2.17. The highest BCUT2D eigenvalue weighted by molar-refractivity contribution is 4.91. The third-order valence-corrected chi connectivity index (χ3v) is 0.761. The molecule has 0 radical (unpaired) electrons. The minimum atomic E-state index is 1.45. The molecule has 0 aliphatic rings. The molecule has 0 fully saturated rings. The molecule has 0 aliphatic carbocycles. The first-order valence-corrected chi connectivity index (χ1v) is 2.15. The van der Waals surface area contributed by atoms with E-state index < -0.39 is 0 Å². The van der Waals surface area contributed by atoms with Crippen LogP contribution in [-0.4, -0.2) is 4.68 Å². The van der Waals surface area contributed by atoms with Crippen LogP contribution in [0.5, 0.6) is 0 Å². The van der Waals surface area contributed by atoms with E-state index in [9.17, 15) is 4.91 Å². The molecule has 0 aromatic carbocycles. The van der Waals surface area contributed by atoms with Crippen molar-refractivity contribution in [2.24, 2.45) is 5.29 Å². The van der Waals surface area contributed by atoms with Gasteiger partial charge in [0.05, 0.1) is 5.29 Å². The van der Waals surface area contributed by atoms with Crippen molar-refractivity contribution >= 4 is 0 Å². The zero-order valence-corrected chi connectivity index (χ0v) is 4.11. The number of nitroso groups, excluding NO2 is 1. The van der Waals surface area contributed by atoms with Crippen LogP contribution in [0, 0.1) is 4.91 Å². The number of hydrogen-bond acceptors (Lipinski definition) is 2.